The van der Waals surface area contributed by atoms with E-state index in [9.17, 15) is 0 Å². The Balaban J connectivity index is 2.29. The van der Waals surface area contributed by atoms with Crippen LogP contribution in [0.3, 0.4) is 0 Å². The Kier molecular flexibility index (Phi) is 4.20. The smallest absolute Gasteiger partial charge is 0.146 e. The minimum Gasteiger partial charge on any atom is -0.355 e. The zero-order chi connectivity index (χ0) is 9.73. The first-order chi connectivity index (χ1) is 6.08. The minimum atomic E-state index is 0.425. The second-order valence-corrected chi connectivity index (χ2v) is 5.17. The maximum atomic E-state index is 5.41. The molecule has 0 aromatic carbocycles. The molecule has 1 heterocycles. The van der Waals surface area contributed by atoms with Gasteiger partial charge < -0.3 is 9.47 Å². The molecule has 1 aliphatic rings. The van der Waals surface area contributed by atoms with Gasteiger partial charge >= 0.3 is 0 Å². The van der Waals surface area contributed by atoms with Crippen molar-refractivity contribution in [3.63, 3.8) is 0 Å². The van der Waals surface area contributed by atoms with Gasteiger partial charge in [0.15, 0.2) is 0 Å². The van der Waals surface area contributed by atoms with Gasteiger partial charge in [0.1, 0.15) is 6.79 Å². The highest BCUT2D eigenvalue weighted by atomic mass is 16.7. The quantitative estimate of drug-likeness (QED) is 0.627. The summed E-state index contributed by atoms with van der Waals surface area (Å²) in [5, 5.41) is 0. The number of hydrogen-bond donors (Lipinski definition) is 0. The van der Waals surface area contributed by atoms with Gasteiger partial charge in [-0.25, -0.2) is 0 Å². The van der Waals surface area contributed by atoms with E-state index in [-0.39, 0.29) is 0 Å². The van der Waals surface area contributed by atoms with E-state index in [1.807, 2.05) is 0 Å². The van der Waals surface area contributed by atoms with Crippen molar-refractivity contribution >= 4 is 0 Å². The number of rotatable bonds is 1. The van der Waals surface area contributed by atoms with Crippen LogP contribution in [0, 0.1) is 11.3 Å². The molecule has 78 valence electrons. The average Bonchev–Trinajstić information content (AvgIpc) is 1.92. The van der Waals surface area contributed by atoms with Crippen molar-refractivity contribution in [2.45, 2.75) is 40.0 Å². The summed E-state index contributed by atoms with van der Waals surface area (Å²) < 4.78 is 10.6. The van der Waals surface area contributed by atoms with E-state index in [2.05, 4.69) is 20.8 Å². The third-order valence-corrected chi connectivity index (χ3v) is 2.32. The molecule has 2 heteroatoms. The van der Waals surface area contributed by atoms with Gasteiger partial charge in [-0.2, -0.15) is 0 Å². The number of ether oxygens (including phenoxy) is 2. The second-order valence-electron chi connectivity index (χ2n) is 5.17. The lowest BCUT2D eigenvalue weighted by Crippen LogP contribution is -2.21. The van der Waals surface area contributed by atoms with E-state index >= 15 is 0 Å². The Morgan fingerprint density at radius 1 is 1.23 bits per heavy atom. The van der Waals surface area contributed by atoms with Crippen LogP contribution in [0.1, 0.15) is 40.0 Å². The largest absolute Gasteiger partial charge is 0.355 e. The van der Waals surface area contributed by atoms with Crippen LogP contribution < -0.4 is 0 Å². The molecule has 0 spiro atoms. The Hall–Kier alpha value is -0.0800. The van der Waals surface area contributed by atoms with Gasteiger partial charge in [-0.15, -0.1) is 0 Å². The third-order valence-electron chi connectivity index (χ3n) is 2.32. The molecule has 0 bridgehead atoms. The van der Waals surface area contributed by atoms with Crippen molar-refractivity contribution < 1.29 is 9.47 Å². The summed E-state index contributed by atoms with van der Waals surface area (Å²) in [4.78, 5) is 0. The van der Waals surface area contributed by atoms with E-state index in [0.29, 0.717) is 12.2 Å². The van der Waals surface area contributed by atoms with Crippen LogP contribution in [0.4, 0.5) is 0 Å². The second kappa shape index (κ2) is 4.97. The Labute approximate surface area is 81.6 Å². The Bertz CT molecular complexity index is 130. The normalized spacial score (nSPS) is 26.5. The molecule has 0 saturated carbocycles. The topological polar surface area (TPSA) is 18.5 Å². The third kappa shape index (κ3) is 5.27. The summed E-state index contributed by atoms with van der Waals surface area (Å²) in [5.74, 6) is 0.726. The molecule has 0 N–H and O–H groups in total. The summed E-state index contributed by atoms with van der Waals surface area (Å²) >= 11 is 0. The molecule has 13 heavy (non-hydrogen) atoms. The lowest BCUT2D eigenvalue weighted by molar-refractivity contribution is -0.0837. The lowest BCUT2D eigenvalue weighted by atomic mass is 9.83. The van der Waals surface area contributed by atoms with Crippen LogP contribution in [0.15, 0.2) is 0 Å². The molecule has 0 aliphatic carbocycles. The molecule has 2 nitrogen and oxygen atoms in total. The summed E-state index contributed by atoms with van der Waals surface area (Å²) in [5.41, 5.74) is 0.425. The van der Waals surface area contributed by atoms with Crippen molar-refractivity contribution in [2.24, 2.45) is 11.3 Å². The van der Waals surface area contributed by atoms with Gasteiger partial charge in [0.25, 0.3) is 0 Å². The standard InChI is InChI=1S/C11H22O2/c1-11(2,3)7-10-5-4-6-12-9-13-8-10/h10H,4-9H2,1-3H3. The molecule has 1 unspecified atom stereocenters. The molecule has 1 saturated heterocycles. The van der Waals surface area contributed by atoms with Crippen LogP contribution in [0.5, 0.6) is 0 Å². The lowest BCUT2D eigenvalue weighted by Gasteiger charge is -2.27. The van der Waals surface area contributed by atoms with Crippen LogP contribution in [0.25, 0.3) is 0 Å². The molecule has 0 aromatic rings. The van der Waals surface area contributed by atoms with Crippen molar-refractivity contribution in [3.05, 3.63) is 0 Å². The predicted molar refractivity (Wildman–Crippen MR) is 53.6 cm³/mol. The van der Waals surface area contributed by atoms with E-state index < -0.39 is 0 Å². The molecule has 1 atom stereocenters. The predicted octanol–water partition coefficient (Wildman–Crippen LogP) is 2.82. The van der Waals surface area contributed by atoms with E-state index in [0.717, 1.165) is 19.1 Å². The average molecular weight is 186 g/mol. The molecule has 1 rings (SSSR count). The van der Waals surface area contributed by atoms with Gasteiger partial charge in [0.05, 0.1) is 6.61 Å². The molecular formula is C11H22O2. The van der Waals surface area contributed by atoms with Crippen LogP contribution in [0.2, 0.25) is 0 Å². The fraction of sp³-hybridized carbons (Fsp3) is 1.00. The fourth-order valence-electron chi connectivity index (χ4n) is 1.92. The highest BCUT2D eigenvalue weighted by Crippen LogP contribution is 2.27. The summed E-state index contributed by atoms with van der Waals surface area (Å²) in [6.07, 6.45) is 3.69. The van der Waals surface area contributed by atoms with Crippen molar-refractivity contribution in [3.8, 4) is 0 Å². The zero-order valence-corrected chi connectivity index (χ0v) is 9.14. The van der Waals surface area contributed by atoms with E-state index in [1.165, 1.54) is 19.3 Å². The van der Waals surface area contributed by atoms with E-state index in [4.69, 9.17) is 9.47 Å². The SMILES string of the molecule is CC(C)(C)CC1CCCOCOC1. The number of hydrogen-bond acceptors (Lipinski definition) is 2. The zero-order valence-electron chi connectivity index (χ0n) is 9.14. The summed E-state index contributed by atoms with van der Waals surface area (Å²) in [7, 11) is 0. The van der Waals surface area contributed by atoms with Gasteiger partial charge in [-0.05, 0) is 30.6 Å². The maximum Gasteiger partial charge on any atom is 0.146 e. The first-order valence-electron chi connectivity index (χ1n) is 5.23. The first kappa shape index (κ1) is 11.0. The minimum absolute atomic E-state index is 0.425. The van der Waals surface area contributed by atoms with Crippen molar-refractivity contribution in [1.29, 1.82) is 0 Å². The fourth-order valence-corrected chi connectivity index (χ4v) is 1.92. The van der Waals surface area contributed by atoms with Crippen molar-refractivity contribution in [2.75, 3.05) is 20.0 Å². The molecule has 1 fully saturated rings. The maximum absolute atomic E-state index is 5.41. The first-order valence-corrected chi connectivity index (χ1v) is 5.23. The highest BCUT2D eigenvalue weighted by Gasteiger charge is 2.19. The highest BCUT2D eigenvalue weighted by molar-refractivity contribution is 4.69. The van der Waals surface area contributed by atoms with Crippen LogP contribution in [-0.2, 0) is 9.47 Å². The Morgan fingerprint density at radius 2 is 2.00 bits per heavy atom. The van der Waals surface area contributed by atoms with Gasteiger partial charge in [0.2, 0.25) is 0 Å². The van der Waals surface area contributed by atoms with Gasteiger partial charge in [-0.1, -0.05) is 20.8 Å². The molecular weight excluding hydrogens is 164 g/mol. The molecule has 1 aliphatic heterocycles. The molecule has 0 aromatic heterocycles. The van der Waals surface area contributed by atoms with Gasteiger partial charge in [0, 0.05) is 6.61 Å². The Morgan fingerprint density at radius 3 is 2.69 bits per heavy atom. The summed E-state index contributed by atoms with van der Waals surface area (Å²) in [6, 6.07) is 0. The summed E-state index contributed by atoms with van der Waals surface area (Å²) in [6.45, 7) is 9.10. The molecule has 0 amide bonds. The van der Waals surface area contributed by atoms with Crippen molar-refractivity contribution in [1.82, 2.24) is 0 Å². The van der Waals surface area contributed by atoms with Crippen LogP contribution in [-0.4, -0.2) is 20.0 Å². The van der Waals surface area contributed by atoms with E-state index in [1.54, 1.807) is 0 Å². The van der Waals surface area contributed by atoms with Gasteiger partial charge in [-0.3, -0.25) is 0 Å². The monoisotopic (exact) mass is 186 g/mol. The molecule has 0 radical (unpaired) electrons. The van der Waals surface area contributed by atoms with Crippen LogP contribution >= 0.6 is 0 Å².